The molecule has 0 unspecified atom stereocenters. The van der Waals surface area contributed by atoms with Gasteiger partial charge in [0, 0.05) is 22.3 Å². The molecule has 0 heterocycles. The van der Waals surface area contributed by atoms with Crippen LogP contribution in [0.5, 0.6) is 0 Å². The Kier molecular flexibility index (Phi) is 4.69. The number of hydrogen-bond acceptors (Lipinski definition) is 0. The van der Waals surface area contributed by atoms with Gasteiger partial charge in [-0.15, -0.1) is 0 Å². The summed E-state index contributed by atoms with van der Waals surface area (Å²) < 4.78 is 37.3. The van der Waals surface area contributed by atoms with E-state index in [1.807, 2.05) is 0 Å². The summed E-state index contributed by atoms with van der Waals surface area (Å²) >= 11 is 8.77. The molecule has 0 radical (unpaired) electrons. The predicted molar refractivity (Wildman–Crippen MR) is 61.7 cm³/mol. The van der Waals surface area contributed by atoms with Gasteiger partial charge in [0.05, 0.1) is 5.56 Å². The zero-order valence-electron chi connectivity index (χ0n) is 8.04. The van der Waals surface area contributed by atoms with Crippen LogP contribution in [0.3, 0.4) is 0 Å². The van der Waals surface area contributed by atoms with Crippen LogP contribution in [0.2, 0.25) is 5.02 Å². The Labute approximate surface area is 105 Å². The summed E-state index contributed by atoms with van der Waals surface area (Å²) in [7, 11) is 0. The molecule has 0 nitrogen and oxygen atoms in total. The molecule has 0 fully saturated rings. The lowest BCUT2D eigenvalue weighted by atomic mass is 10.1. The number of rotatable bonds is 1. The Morgan fingerprint density at radius 1 is 1.25 bits per heavy atom. The lowest BCUT2D eigenvalue weighted by Gasteiger charge is -2.07. The number of benzene rings is 1. The van der Waals surface area contributed by atoms with Crippen molar-refractivity contribution < 1.29 is 13.2 Å². The van der Waals surface area contributed by atoms with Gasteiger partial charge in [0.15, 0.2) is 0 Å². The van der Waals surface area contributed by atoms with E-state index in [1.165, 1.54) is 6.07 Å². The number of alkyl halides is 4. The van der Waals surface area contributed by atoms with Crippen LogP contribution < -0.4 is 0 Å². The molecule has 0 amide bonds. The largest absolute Gasteiger partial charge is 0.416 e. The van der Waals surface area contributed by atoms with Crippen LogP contribution >= 0.6 is 27.5 Å². The van der Waals surface area contributed by atoms with Crippen molar-refractivity contribution in [2.24, 2.45) is 0 Å². The summed E-state index contributed by atoms with van der Waals surface area (Å²) in [5.74, 6) is 5.37. The Morgan fingerprint density at radius 2 is 1.94 bits per heavy atom. The van der Waals surface area contributed by atoms with E-state index >= 15 is 0 Å². The molecule has 1 aromatic rings. The zero-order chi connectivity index (χ0) is 12.2. The maximum absolute atomic E-state index is 12.4. The number of halogens is 5. The molecule has 0 saturated heterocycles. The molecule has 0 atom stereocenters. The molecular formula is C11H7BrClF3. The summed E-state index contributed by atoms with van der Waals surface area (Å²) in [4.78, 5) is 0. The van der Waals surface area contributed by atoms with E-state index in [0.29, 0.717) is 11.8 Å². The third-order valence-corrected chi connectivity index (χ3v) is 2.29. The van der Waals surface area contributed by atoms with E-state index in [-0.39, 0.29) is 10.6 Å². The highest BCUT2D eigenvalue weighted by atomic mass is 79.9. The van der Waals surface area contributed by atoms with Crippen molar-refractivity contribution in [3.05, 3.63) is 34.3 Å². The van der Waals surface area contributed by atoms with Crippen LogP contribution in [0.1, 0.15) is 17.5 Å². The molecule has 0 N–H and O–H groups in total. The van der Waals surface area contributed by atoms with Crippen molar-refractivity contribution in [3.8, 4) is 11.8 Å². The first-order chi connectivity index (χ1) is 7.43. The SMILES string of the molecule is FC(F)(F)c1cc(Cl)cc(C#CCCBr)c1. The van der Waals surface area contributed by atoms with Crippen LogP contribution in [-0.4, -0.2) is 5.33 Å². The highest BCUT2D eigenvalue weighted by Crippen LogP contribution is 2.31. The standard InChI is InChI=1S/C11H7BrClF3/c12-4-2-1-3-8-5-9(11(14,15)16)7-10(13)6-8/h5-7H,2,4H2. The molecule has 0 bridgehead atoms. The molecular weight excluding hydrogens is 304 g/mol. The van der Waals surface area contributed by atoms with Gasteiger partial charge in [-0.3, -0.25) is 0 Å². The van der Waals surface area contributed by atoms with Gasteiger partial charge in [0.1, 0.15) is 0 Å². The first-order valence-electron chi connectivity index (χ1n) is 4.36. The third-order valence-electron chi connectivity index (χ3n) is 1.68. The van der Waals surface area contributed by atoms with Gasteiger partial charge >= 0.3 is 6.18 Å². The first-order valence-corrected chi connectivity index (χ1v) is 5.86. The molecule has 86 valence electrons. The van der Waals surface area contributed by atoms with Gasteiger partial charge in [0.2, 0.25) is 0 Å². The van der Waals surface area contributed by atoms with E-state index in [2.05, 4.69) is 27.8 Å². The van der Waals surface area contributed by atoms with Crippen molar-refractivity contribution >= 4 is 27.5 Å². The van der Waals surface area contributed by atoms with E-state index < -0.39 is 11.7 Å². The molecule has 0 aliphatic heterocycles. The molecule has 0 saturated carbocycles. The van der Waals surface area contributed by atoms with Gasteiger partial charge in [-0.25, -0.2) is 0 Å². The monoisotopic (exact) mass is 310 g/mol. The highest BCUT2D eigenvalue weighted by Gasteiger charge is 2.30. The maximum Gasteiger partial charge on any atom is 0.416 e. The minimum Gasteiger partial charge on any atom is -0.166 e. The van der Waals surface area contributed by atoms with Crippen LogP contribution in [0.15, 0.2) is 18.2 Å². The highest BCUT2D eigenvalue weighted by molar-refractivity contribution is 9.09. The van der Waals surface area contributed by atoms with Crippen molar-refractivity contribution in [1.29, 1.82) is 0 Å². The molecule has 16 heavy (non-hydrogen) atoms. The molecule has 5 heteroatoms. The first kappa shape index (κ1) is 13.4. The Bertz CT molecular complexity index is 429. The molecule has 0 aromatic heterocycles. The summed E-state index contributed by atoms with van der Waals surface area (Å²) in [5.41, 5.74) is -0.496. The fourth-order valence-corrected chi connectivity index (χ4v) is 1.47. The van der Waals surface area contributed by atoms with E-state index in [1.54, 1.807) is 0 Å². The topological polar surface area (TPSA) is 0 Å². The molecule has 1 rings (SSSR count). The zero-order valence-corrected chi connectivity index (χ0v) is 10.4. The Balaban J connectivity index is 3.05. The second-order valence-corrected chi connectivity index (χ2v) is 4.20. The third kappa shape index (κ3) is 4.07. The summed E-state index contributed by atoms with van der Waals surface area (Å²) in [5, 5.41) is 0.727. The Morgan fingerprint density at radius 3 is 2.50 bits per heavy atom. The number of hydrogen-bond donors (Lipinski definition) is 0. The average molecular weight is 312 g/mol. The minimum absolute atomic E-state index is 0.0398. The summed E-state index contributed by atoms with van der Waals surface area (Å²) in [6, 6.07) is 3.29. The summed E-state index contributed by atoms with van der Waals surface area (Å²) in [6.07, 6.45) is -3.81. The lowest BCUT2D eigenvalue weighted by molar-refractivity contribution is -0.137. The normalized spacial score (nSPS) is 10.8. The van der Waals surface area contributed by atoms with E-state index in [9.17, 15) is 13.2 Å². The van der Waals surface area contributed by atoms with E-state index in [0.717, 1.165) is 12.1 Å². The van der Waals surface area contributed by atoms with E-state index in [4.69, 9.17) is 11.6 Å². The second kappa shape index (κ2) is 5.60. The van der Waals surface area contributed by atoms with Gasteiger partial charge in [-0.2, -0.15) is 13.2 Å². The lowest BCUT2D eigenvalue weighted by Crippen LogP contribution is -2.04. The Hall–Kier alpha value is -0.660. The van der Waals surface area contributed by atoms with Crippen LogP contribution in [0.4, 0.5) is 13.2 Å². The smallest absolute Gasteiger partial charge is 0.166 e. The van der Waals surface area contributed by atoms with Crippen LogP contribution in [0.25, 0.3) is 0 Å². The quantitative estimate of drug-likeness (QED) is 0.529. The molecule has 0 aliphatic rings. The van der Waals surface area contributed by atoms with Crippen molar-refractivity contribution in [2.45, 2.75) is 12.6 Å². The molecule has 1 aromatic carbocycles. The fraction of sp³-hybridized carbons (Fsp3) is 0.273. The van der Waals surface area contributed by atoms with Crippen molar-refractivity contribution in [2.75, 3.05) is 5.33 Å². The van der Waals surface area contributed by atoms with Gasteiger partial charge in [-0.1, -0.05) is 39.4 Å². The minimum atomic E-state index is -4.39. The van der Waals surface area contributed by atoms with Crippen molar-refractivity contribution in [1.82, 2.24) is 0 Å². The fourth-order valence-electron chi connectivity index (χ4n) is 1.04. The average Bonchev–Trinajstić information content (AvgIpc) is 2.16. The second-order valence-electron chi connectivity index (χ2n) is 2.97. The predicted octanol–water partition coefficient (Wildman–Crippen LogP) is 4.50. The van der Waals surface area contributed by atoms with Gasteiger partial charge in [-0.05, 0) is 18.2 Å². The summed E-state index contributed by atoms with van der Waals surface area (Å²) in [6.45, 7) is 0. The van der Waals surface area contributed by atoms with Crippen molar-refractivity contribution in [3.63, 3.8) is 0 Å². The van der Waals surface area contributed by atoms with Gasteiger partial charge in [0.25, 0.3) is 0 Å². The maximum atomic E-state index is 12.4. The molecule has 0 aliphatic carbocycles. The van der Waals surface area contributed by atoms with Crippen LogP contribution in [0, 0.1) is 11.8 Å². The molecule has 0 spiro atoms. The van der Waals surface area contributed by atoms with Crippen LogP contribution in [-0.2, 0) is 6.18 Å². The van der Waals surface area contributed by atoms with Gasteiger partial charge < -0.3 is 0 Å².